The SMILES string of the molecule is COCCOCC(O)CC1CCCCC1=O. The highest BCUT2D eigenvalue weighted by Crippen LogP contribution is 2.24. The van der Waals surface area contributed by atoms with Gasteiger partial charge >= 0.3 is 0 Å². The second-order valence-corrected chi connectivity index (χ2v) is 4.37. The van der Waals surface area contributed by atoms with E-state index in [1.54, 1.807) is 7.11 Å². The Bertz CT molecular complexity index is 205. The molecule has 1 aliphatic carbocycles. The van der Waals surface area contributed by atoms with Crippen LogP contribution in [0.5, 0.6) is 0 Å². The lowest BCUT2D eigenvalue weighted by Crippen LogP contribution is -2.27. The molecule has 0 aliphatic heterocycles. The van der Waals surface area contributed by atoms with Crippen LogP contribution in [-0.4, -0.2) is 43.9 Å². The fraction of sp³-hybridized carbons (Fsp3) is 0.917. The third-order valence-electron chi connectivity index (χ3n) is 2.98. The number of hydrogen-bond acceptors (Lipinski definition) is 4. The number of rotatable bonds is 7. The van der Waals surface area contributed by atoms with Crippen LogP contribution in [0.1, 0.15) is 32.1 Å². The first-order chi connectivity index (χ1) is 7.74. The Hall–Kier alpha value is -0.450. The van der Waals surface area contributed by atoms with Crippen molar-refractivity contribution in [3.8, 4) is 0 Å². The molecule has 1 rings (SSSR count). The third-order valence-corrected chi connectivity index (χ3v) is 2.98. The number of methoxy groups -OCH3 is 1. The molecule has 1 saturated carbocycles. The van der Waals surface area contributed by atoms with Crippen LogP contribution in [-0.2, 0) is 14.3 Å². The standard InChI is InChI=1S/C12H22O4/c1-15-6-7-16-9-11(13)8-10-4-2-3-5-12(10)14/h10-11,13H,2-9H2,1H3. The molecule has 0 radical (unpaired) electrons. The second-order valence-electron chi connectivity index (χ2n) is 4.37. The Labute approximate surface area is 96.9 Å². The molecule has 1 N–H and O–H groups in total. The predicted octanol–water partition coefficient (Wildman–Crippen LogP) is 1.16. The first kappa shape index (κ1) is 13.6. The smallest absolute Gasteiger partial charge is 0.136 e. The van der Waals surface area contributed by atoms with E-state index in [2.05, 4.69) is 0 Å². The lowest BCUT2D eigenvalue weighted by atomic mass is 9.84. The summed E-state index contributed by atoms with van der Waals surface area (Å²) in [4.78, 5) is 11.5. The maximum Gasteiger partial charge on any atom is 0.136 e. The Kier molecular flexibility index (Phi) is 6.61. The molecule has 0 spiro atoms. The number of Topliss-reactive ketones (excluding diaryl/α,β-unsaturated/α-hetero) is 1. The zero-order valence-corrected chi connectivity index (χ0v) is 9.98. The van der Waals surface area contributed by atoms with Crippen molar-refractivity contribution in [2.75, 3.05) is 26.9 Å². The van der Waals surface area contributed by atoms with E-state index in [0.717, 1.165) is 19.3 Å². The molecule has 1 aliphatic rings. The fourth-order valence-corrected chi connectivity index (χ4v) is 2.06. The van der Waals surface area contributed by atoms with Crippen molar-refractivity contribution >= 4 is 5.78 Å². The van der Waals surface area contributed by atoms with Crippen LogP contribution in [0.25, 0.3) is 0 Å². The van der Waals surface area contributed by atoms with Gasteiger partial charge in [-0.05, 0) is 19.3 Å². The van der Waals surface area contributed by atoms with Crippen LogP contribution in [0.4, 0.5) is 0 Å². The van der Waals surface area contributed by atoms with E-state index in [4.69, 9.17) is 9.47 Å². The first-order valence-corrected chi connectivity index (χ1v) is 6.01. The molecule has 0 saturated heterocycles. The van der Waals surface area contributed by atoms with Crippen LogP contribution < -0.4 is 0 Å². The number of aliphatic hydroxyl groups excluding tert-OH is 1. The number of ketones is 1. The molecule has 0 aromatic rings. The number of ether oxygens (including phenoxy) is 2. The number of carbonyl (C=O) groups excluding carboxylic acids is 1. The topological polar surface area (TPSA) is 55.8 Å². The third kappa shape index (κ3) is 5.05. The van der Waals surface area contributed by atoms with Crippen molar-refractivity contribution in [3.63, 3.8) is 0 Å². The Morgan fingerprint density at radius 3 is 2.94 bits per heavy atom. The summed E-state index contributed by atoms with van der Waals surface area (Å²) in [6.45, 7) is 1.33. The van der Waals surface area contributed by atoms with Crippen molar-refractivity contribution in [3.05, 3.63) is 0 Å². The molecule has 2 atom stereocenters. The van der Waals surface area contributed by atoms with Gasteiger partial charge in [0.2, 0.25) is 0 Å². The van der Waals surface area contributed by atoms with Crippen molar-refractivity contribution in [1.29, 1.82) is 0 Å². The van der Waals surface area contributed by atoms with Gasteiger partial charge in [-0.3, -0.25) is 4.79 Å². The maximum absolute atomic E-state index is 11.5. The van der Waals surface area contributed by atoms with E-state index >= 15 is 0 Å². The average molecular weight is 230 g/mol. The largest absolute Gasteiger partial charge is 0.391 e. The highest BCUT2D eigenvalue weighted by atomic mass is 16.5. The number of aliphatic hydroxyl groups is 1. The van der Waals surface area contributed by atoms with Gasteiger partial charge in [0.05, 0.1) is 25.9 Å². The fourth-order valence-electron chi connectivity index (χ4n) is 2.06. The molecule has 0 aromatic heterocycles. The van der Waals surface area contributed by atoms with Crippen molar-refractivity contribution in [2.45, 2.75) is 38.2 Å². The van der Waals surface area contributed by atoms with Crippen LogP contribution in [0, 0.1) is 5.92 Å². The van der Waals surface area contributed by atoms with E-state index in [0.29, 0.717) is 38.4 Å². The van der Waals surface area contributed by atoms with Gasteiger partial charge in [0.1, 0.15) is 5.78 Å². The molecule has 0 aromatic carbocycles. The molecule has 4 nitrogen and oxygen atoms in total. The molecule has 4 heteroatoms. The molecule has 16 heavy (non-hydrogen) atoms. The zero-order valence-electron chi connectivity index (χ0n) is 9.98. The van der Waals surface area contributed by atoms with Gasteiger partial charge in [-0.25, -0.2) is 0 Å². The maximum atomic E-state index is 11.5. The summed E-state index contributed by atoms with van der Waals surface area (Å²) in [6.07, 6.45) is 3.74. The minimum Gasteiger partial charge on any atom is -0.391 e. The van der Waals surface area contributed by atoms with Gasteiger partial charge in [0.15, 0.2) is 0 Å². The molecule has 0 bridgehead atoms. The summed E-state index contributed by atoms with van der Waals surface area (Å²) in [5, 5.41) is 9.70. The van der Waals surface area contributed by atoms with Gasteiger partial charge in [0.25, 0.3) is 0 Å². The van der Waals surface area contributed by atoms with E-state index in [-0.39, 0.29) is 5.92 Å². The van der Waals surface area contributed by atoms with E-state index in [1.807, 2.05) is 0 Å². The molecule has 94 valence electrons. The molecule has 0 heterocycles. The Morgan fingerprint density at radius 2 is 2.25 bits per heavy atom. The summed E-state index contributed by atoms with van der Waals surface area (Å²) in [5.74, 6) is 0.358. The predicted molar refractivity (Wildman–Crippen MR) is 60.3 cm³/mol. The van der Waals surface area contributed by atoms with Gasteiger partial charge in [-0.2, -0.15) is 0 Å². The first-order valence-electron chi connectivity index (χ1n) is 6.01. The van der Waals surface area contributed by atoms with E-state index < -0.39 is 6.10 Å². The summed E-state index contributed by atoms with van der Waals surface area (Å²) < 4.78 is 10.1. The quantitative estimate of drug-likeness (QED) is 0.667. The molecule has 1 fully saturated rings. The lowest BCUT2D eigenvalue weighted by Gasteiger charge is -2.22. The van der Waals surface area contributed by atoms with Gasteiger partial charge < -0.3 is 14.6 Å². The van der Waals surface area contributed by atoms with Crippen molar-refractivity contribution < 1.29 is 19.4 Å². The molecule has 0 amide bonds. The minimum atomic E-state index is -0.524. The molecular formula is C12H22O4. The van der Waals surface area contributed by atoms with E-state index in [1.165, 1.54) is 0 Å². The van der Waals surface area contributed by atoms with Crippen molar-refractivity contribution in [2.24, 2.45) is 5.92 Å². The minimum absolute atomic E-state index is 0.0507. The number of hydrogen-bond donors (Lipinski definition) is 1. The summed E-state index contributed by atoms with van der Waals surface area (Å²) in [6, 6.07) is 0. The Balaban J connectivity index is 2.12. The summed E-state index contributed by atoms with van der Waals surface area (Å²) in [5.41, 5.74) is 0. The lowest BCUT2D eigenvalue weighted by molar-refractivity contribution is -0.126. The molecular weight excluding hydrogens is 208 g/mol. The van der Waals surface area contributed by atoms with Gasteiger partial charge in [-0.1, -0.05) is 6.42 Å². The van der Waals surface area contributed by atoms with Crippen LogP contribution in [0.3, 0.4) is 0 Å². The zero-order chi connectivity index (χ0) is 11.8. The van der Waals surface area contributed by atoms with Crippen LogP contribution in [0.2, 0.25) is 0 Å². The summed E-state index contributed by atoms with van der Waals surface area (Å²) in [7, 11) is 1.61. The van der Waals surface area contributed by atoms with Crippen LogP contribution in [0.15, 0.2) is 0 Å². The monoisotopic (exact) mass is 230 g/mol. The highest BCUT2D eigenvalue weighted by Gasteiger charge is 2.24. The molecule has 2 unspecified atom stereocenters. The van der Waals surface area contributed by atoms with Gasteiger partial charge in [-0.15, -0.1) is 0 Å². The highest BCUT2D eigenvalue weighted by molar-refractivity contribution is 5.81. The van der Waals surface area contributed by atoms with Crippen molar-refractivity contribution in [1.82, 2.24) is 0 Å². The van der Waals surface area contributed by atoms with Gasteiger partial charge in [0, 0.05) is 19.4 Å². The number of carbonyl (C=O) groups is 1. The normalized spacial score (nSPS) is 23.4. The Morgan fingerprint density at radius 1 is 1.44 bits per heavy atom. The summed E-state index contributed by atoms with van der Waals surface area (Å²) >= 11 is 0. The second kappa shape index (κ2) is 7.76. The van der Waals surface area contributed by atoms with Crippen LogP contribution >= 0.6 is 0 Å². The average Bonchev–Trinajstić information content (AvgIpc) is 2.28. The van der Waals surface area contributed by atoms with E-state index in [9.17, 15) is 9.90 Å².